The van der Waals surface area contributed by atoms with E-state index in [9.17, 15) is 4.79 Å². The third-order valence-corrected chi connectivity index (χ3v) is 1.92. The van der Waals surface area contributed by atoms with Crippen molar-refractivity contribution in [2.75, 3.05) is 6.61 Å². The van der Waals surface area contributed by atoms with Gasteiger partial charge >= 0.3 is 5.97 Å². The summed E-state index contributed by atoms with van der Waals surface area (Å²) in [7, 11) is 0. The Morgan fingerprint density at radius 3 is 2.54 bits per heavy atom. The van der Waals surface area contributed by atoms with Gasteiger partial charge in [0.25, 0.3) is 0 Å². The fourth-order valence-electron chi connectivity index (χ4n) is 1.07. The molecule has 0 atom stereocenters. The van der Waals surface area contributed by atoms with Gasteiger partial charge in [-0.25, -0.2) is 0 Å². The topological polar surface area (TPSA) is 26.3 Å². The summed E-state index contributed by atoms with van der Waals surface area (Å²) < 4.78 is 5.06. The van der Waals surface area contributed by atoms with Crippen molar-refractivity contribution in [3.8, 4) is 0 Å². The van der Waals surface area contributed by atoms with E-state index in [4.69, 9.17) is 4.74 Å². The van der Waals surface area contributed by atoms with E-state index in [1.54, 1.807) is 0 Å². The molecule has 0 aliphatic rings. The molecule has 0 aromatic carbocycles. The number of unbranched alkanes of at least 4 members (excludes halogenated alkanes) is 1. The standard InChI is InChI=1S/C11H22O2/c1-4-5-8-11(12)13-9-6-7-10(2)3/h10H,4-9H2,1-3H3. The highest BCUT2D eigenvalue weighted by molar-refractivity contribution is 5.69. The molecule has 0 aliphatic heterocycles. The summed E-state index contributed by atoms with van der Waals surface area (Å²) >= 11 is 0. The lowest BCUT2D eigenvalue weighted by Crippen LogP contribution is -2.06. The van der Waals surface area contributed by atoms with Crippen molar-refractivity contribution in [3.63, 3.8) is 0 Å². The lowest BCUT2D eigenvalue weighted by molar-refractivity contribution is -0.143. The molecule has 0 heterocycles. The summed E-state index contributed by atoms with van der Waals surface area (Å²) in [6, 6.07) is 0. The van der Waals surface area contributed by atoms with E-state index in [1.165, 1.54) is 0 Å². The highest BCUT2D eigenvalue weighted by Crippen LogP contribution is 2.04. The molecule has 0 aromatic rings. The van der Waals surface area contributed by atoms with E-state index >= 15 is 0 Å². The molecule has 0 fully saturated rings. The predicted molar refractivity (Wildman–Crippen MR) is 54.6 cm³/mol. The van der Waals surface area contributed by atoms with Gasteiger partial charge in [-0.2, -0.15) is 0 Å². The monoisotopic (exact) mass is 186 g/mol. The van der Waals surface area contributed by atoms with Crippen LogP contribution in [0.25, 0.3) is 0 Å². The Balaban J connectivity index is 3.17. The van der Waals surface area contributed by atoms with E-state index in [0.717, 1.165) is 25.7 Å². The van der Waals surface area contributed by atoms with Crippen LogP contribution in [-0.4, -0.2) is 12.6 Å². The highest BCUT2D eigenvalue weighted by atomic mass is 16.5. The van der Waals surface area contributed by atoms with Gasteiger partial charge in [0, 0.05) is 6.42 Å². The molecule has 0 saturated carbocycles. The van der Waals surface area contributed by atoms with Crippen molar-refractivity contribution in [3.05, 3.63) is 0 Å². The summed E-state index contributed by atoms with van der Waals surface area (Å²) in [4.78, 5) is 11.0. The number of carbonyl (C=O) groups excluding carboxylic acids is 1. The Labute approximate surface area is 81.7 Å². The van der Waals surface area contributed by atoms with Crippen LogP contribution in [0.5, 0.6) is 0 Å². The minimum Gasteiger partial charge on any atom is -0.466 e. The van der Waals surface area contributed by atoms with Crippen molar-refractivity contribution in [2.24, 2.45) is 5.92 Å². The minimum absolute atomic E-state index is 0.0365. The number of esters is 1. The smallest absolute Gasteiger partial charge is 0.305 e. The number of carbonyl (C=O) groups is 1. The van der Waals surface area contributed by atoms with E-state index in [0.29, 0.717) is 18.9 Å². The molecule has 0 rings (SSSR count). The van der Waals surface area contributed by atoms with E-state index < -0.39 is 0 Å². The highest BCUT2D eigenvalue weighted by Gasteiger charge is 2.01. The van der Waals surface area contributed by atoms with Crippen LogP contribution in [0, 0.1) is 5.92 Å². The minimum atomic E-state index is -0.0365. The van der Waals surface area contributed by atoms with Gasteiger partial charge in [0.05, 0.1) is 6.61 Å². The van der Waals surface area contributed by atoms with Gasteiger partial charge < -0.3 is 4.74 Å². The molecule has 0 bridgehead atoms. The molecule has 0 radical (unpaired) electrons. The fraction of sp³-hybridized carbons (Fsp3) is 0.909. The second kappa shape index (κ2) is 8.09. The summed E-state index contributed by atoms with van der Waals surface area (Å²) in [6.07, 6.45) is 4.72. The Hall–Kier alpha value is -0.530. The van der Waals surface area contributed by atoms with Crippen LogP contribution in [0.15, 0.2) is 0 Å². The molecule has 0 saturated heterocycles. The second-order valence-electron chi connectivity index (χ2n) is 3.86. The zero-order valence-electron chi connectivity index (χ0n) is 9.14. The van der Waals surface area contributed by atoms with Crippen LogP contribution in [0.4, 0.5) is 0 Å². The average Bonchev–Trinajstić information content (AvgIpc) is 2.08. The third kappa shape index (κ3) is 9.38. The molecule has 0 spiro atoms. The first-order valence-electron chi connectivity index (χ1n) is 5.32. The van der Waals surface area contributed by atoms with E-state index in [1.807, 2.05) is 0 Å². The summed E-state index contributed by atoms with van der Waals surface area (Å²) in [5.74, 6) is 0.667. The van der Waals surface area contributed by atoms with Crippen LogP contribution in [0.2, 0.25) is 0 Å². The molecule has 78 valence electrons. The van der Waals surface area contributed by atoms with E-state index in [-0.39, 0.29) is 5.97 Å². The van der Waals surface area contributed by atoms with E-state index in [2.05, 4.69) is 20.8 Å². The summed E-state index contributed by atoms with van der Waals surface area (Å²) in [5.41, 5.74) is 0. The van der Waals surface area contributed by atoms with Crippen LogP contribution < -0.4 is 0 Å². The van der Waals surface area contributed by atoms with Crippen molar-refractivity contribution in [1.82, 2.24) is 0 Å². The van der Waals surface area contributed by atoms with Gasteiger partial charge in [-0.15, -0.1) is 0 Å². The Morgan fingerprint density at radius 1 is 1.31 bits per heavy atom. The molecule has 2 nitrogen and oxygen atoms in total. The van der Waals surface area contributed by atoms with Crippen molar-refractivity contribution in [1.29, 1.82) is 0 Å². The normalized spacial score (nSPS) is 10.5. The maximum atomic E-state index is 11.0. The zero-order chi connectivity index (χ0) is 10.1. The van der Waals surface area contributed by atoms with Crippen LogP contribution in [0.3, 0.4) is 0 Å². The van der Waals surface area contributed by atoms with Gasteiger partial charge in [-0.1, -0.05) is 27.2 Å². The molecule has 0 aromatic heterocycles. The molecule has 0 unspecified atom stereocenters. The molecular weight excluding hydrogens is 164 g/mol. The maximum absolute atomic E-state index is 11.0. The second-order valence-corrected chi connectivity index (χ2v) is 3.86. The van der Waals surface area contributed by atoms with Crippen molar-refractivity contribution >= 4 is 5.97 Å². The van der Waals surface area contributed by atoms with Gasteiger partial charge in [0.1, 0.15) is 0 Å². The number of ether oxygens (including phenoxy) is 1. The lowest BCUT2D eigenvalue weighted by Gasteiger charge is -2.05. The zero-order valence-corrected chi connectivity index (χ0v) is 9.14. The first kappa shape index (κ1) is 12.5. The average molecular weight is 186 g/mol. The summed E-state index contributed by atoms with van der Waals surface area (Å²) in [5, 5.41) is 0. The lowest BCUT2D eigenvalue weighted by atomic mass is 10.1. The number of hydrogen-bond donors (Lipinski definition) is 0. The molecule has 2 heteroatoms. The van der Waals surface area contributed by atoms with Gasteiger partial charge in [-0.05, 0) is 25.2 Å². The van der Waals surface area contributed by atoms with Crippen LogP contribution in [-0.2, 0) is 9.53 Å². The number of rotatable bonds is 7. The Morgan fingerprint density at radius 2 is 2.00 bits per heavy atom. The molecule has 0 N–H and O–H groups in total. The summed E-state index contributed by atoms with van der Waals surface area (Å²) in [6.45, 7) is 7.03. The quantitative estimate of drug-likeness (QED) is 0.451. The molecular formula is C11H22O2. The van der Waals surface area contributed by atoms with Gasteiger partial charge in [0.2, 0.25) is 0 Å². The third-order valence-electron chi connectivity index (χ3n) is 1.92. The van der Waals surface area contributed by atoms with Crippen LogP contribution >= 0.6 is 0 Å². The molecule has 0 amide bonds. The molecule has 0 aliphatic carbocycles. The predicted octanol–water partition coefficient (Wildman–Crippen LogP) is 3.16. The van der Waals surface area contributed by atoms with Crippen LogP contribution in [0.1, 0.15) is 52.9 Å². The first-order chi connectivity index (χ1) is 6.16. The number of hydrogen-bond acceptors (Lipinski definition) is 2. The van der Waals surface area contributed by atoms with Gasteiger partial charge in [-0.3, -0.25) is 4.79 Å². The first-order valence-corrected chi connectivity index (χ1v) is 5.32. The van der Waals surface area contributed by atoms with Crippen molar-refractivity contribution < 1.29 is 9.53 Å². The Kier molecular flexibility index (Phi) is 7.76. The fourth-order valence-corrected chi connectivity index (χ4v) is 1.07. The van der Waals surface area contributed by atoms with Gasteiger partial charge in [0.15, 0.2) is 0 Å². The maximum Gasteiger partial charge on any atom is 0.305 e. The Bertz CT molecular complexity index is 130. The molecule has 13 heavy (non-hydrogen) atoms. The largest absolute Gasteiger partial charge is 0.466 e. The van der Waals surface area contributed by atoms with Crippen molar-refractivity contribution in [2.45, 2.75) is 52.9 Å². The SMILES string of the molecule is CCCCC(=O)OCCCC(C)C.